The molecule has 0 aromatic heterocycles. The number of rotatable bonds is 2. The number of aliphatic hydroxyl groups is 1. The van der Waals surface area contributed by atoms with E-state index in [9.17, 15) is 31.9 Å². The quantitative estimate of drug-likeness (QED) is 0.790. The van der Waals surface area contributed by atoms with Crippen molar-refractivity contribution in [3.05, 3.63) is 34.9 Å². The Balaban J connectivity index is 2.09. The summed E-state index contributed by atoms with van der Waals surface area (Å²) in [5.74, 6) is -5.13. The van der Waals surface area contributed by atoms with Gasteiger partial charge in [0, 0.05) is 23.9 Å². The first-order chi connectivity index (χ1) is 11.9. The number of piperidine rings is 1. The van der Waals surface area contributed by atoms with Gasteiger partial charge in [0.15, 0.2) is 0 Å². The van der Waals surface area contributed by atoms with Gasteiger partial charge in [0.1, 0.15) is 0 Å². The van der Waals surface area contributed by atoms with Crippen LogP contribution in [0.25, 0.3) is 0 Å². The van der Waals surface area contributed by atoms with Crippen molar-refractivity contribution in [3.8, 4) is 0 Å². The van der Waals surface area contributed by atoms with E-state index in [1.807, 2.05) is 0 Å². The number of alkyl halides is 5. The molecule has 144 valence electrons. The van der Waals surface area contributed by atoms with E-state index in [1.165, 1.54) is 11.0 Å². The number of amides is 1. The molecule has 0 saturated carbocycles. The smallest absolute Gasteiger partial charge is 0.390 e. The molecule has 0 radical (unpaired) electrons. The fourth-order valence-corrected chi connectivity index (χ4v) is 3.91. The van der Waals surface area contributed by atoms with E-state index in [4.69, 9.17) is 0 Å². The van der Waals surface area contributed by atoms with Crippen molar-refractivity contribution in [3.63, 3.8) is 0 Å². The van der Waals surface area contributed by atoms with Gasteiger partial charge in [-0.25, -0.2) is 0 Å². The fraction of sp³-hybridized carbons (Fsp3) is 0.611. The number of carbonyl (C=O) groups excluding carboxylic acids is 1. The molecule has 2 aliphatic rings. The van der Waals surface area contributed by atoms with Gasteiger partial charge in [0.25, 0.3) is 0 Å². The summed E-state index contributed by atoms with van der Waals surface area (Å²) in [6, 6.07) is 2.01. The van der Waals surface area contributed by atoms with Crippen LogP contribution >= 0.6 is 0 Å². The molecule has 0 bridgehead atoms. The van der Waals surface area contributed by atoms with Crippen LogP contribution in [-0.2, 0) is 16.1 Å². The average molecular weight is 377 g/mol. The predicted molar refractivity (Wildman–Crippen MR) is 83.7 cm³/mol. The lowest BCUT2D eigenvalue weighted by Gasteiger charge is -2.37. The second-order valence-corrected chi connectivity index (χ2v) is 7.53. The molecule has 1 N–H and O–H groups in total. The first kappa shape index (κ1) is 19.1. The summed E-state index contributed by atoms with van der Waals surface area (Å²) in [7, 11) is 0. The SMILES string of the molecule is CC1(C)c2cc(C(F)(F)C(F)(F)F)ccc2[C@@H](N2CCCCC2=O)[C@@H]1O. The molecule has 0 unspecified atom stereocenters. The highest BCUT2D eigenvalue weighted by Crippen LogP contribution is 2.51. The molecule has 3 nitrogen and oxygen atoms in total. The normalized spacial score (nSPS) is 26.2. The Morgan fingerprint density at radius 3 is 2.38 bits per heavy atom. The van der Waals surface area contributed by atoms with Crippen molar-refractivity contribution >= 4 is 5.91 Å². The van der Waals surface area contributed by atoms with E-state index < -0.39 is 35.2 Å². The molecule has 1 aromatic rings. The summed E-state index contributed by atoms with van der Waals surface area (Å²) in [6.07, 6.45) is -4.96. The van der Waals surface area contributed by atoms with Crippen LogP contribution in [0.1, 0.15) is 55.8 Å². The number of fused-ring (bicyclic) bond motifs is 1. The van der Waals surface area contributed by atoms with Crippen molar-refractivity contribution in [2.75, 3.05) is 6.54 Å². The molecular formula is C18H20F5NO2. The summed E-state index contributed by atoms with van der Waals surface area (Å²) >= 11 is 0. The third-order valence-electron chi connectivity index (χ3n) is 5.52. The molecule has 1 aromatic carbocycles. The third-order valence-corrected chi connectivity index (χ3v) is 5.52. The van der Waals surface area contributed by atoms with E-state index in [0.29, 0.717) is 18.5 Å². The van der Waals surface area contributed by atoms with E-state index in [0.717, 1.165) is 25.0 Å². The van der Waals surface area contributed by atoms with E-state index >= 15 is 0 Å². The van der Waals surface area contributed by atoms with Crippen molar-refractivity contribution in [2.45, 2.75) is 62.8 Å². The number of benzene rings is 1. The Morgan fingerprint density at radius 2 is 1.81 bits per heavy atom. The Hall–Kier alpha value is -1.70. The standard InChI is InChI=1S/C18H20F5NO2/c1-16(2)12-9-10(17(19,20)18(21,22)23)6-7-11(12)14(15(16)26)24-8-4-3-5-13(24)25/h6-7,9,14-15,26H,3-5,8H2,1-2H3/t14-,15+/m1/s1. The van der Waals surface area contributed by atoms with Crippen LogP contribution in [0.2, 0.25) is 0 Å². The number of hydrogen-bond donors (Lipinski definition) is 1. The maximum Gasteiger partial charge on any atom is 0.458 e. The second kappa shape index (κ2) is 5.90. The van der Waals surface area contributed by atoms with Crippen LogP contribution in [0.4, 0.5) is 22.0 Å². The Bertz CT molecular complexity index is 729. The van der Waals surface area contributed by atoms with Gasteiger partial charge in [0.2, 0.25) is 5.91 Å². The highest BCUT2D eigenvalue weighted by atomic mass is 19.4. The van der Waals surface area contributed by atoms with Gasteiger partial charge in [-0.05, 0) is 30.0 Å². The number of aliphatic hydroxyl groups excluding tert-OH is 1. The van der Waals surface area contributed by atoms with Gasteiger partial charge < -0.3 is 10.0 Å². The lowest BCUT2D eigenvalue weighted by Crippen LogP contribution is -2.44. The zero-order chi connectivity index (χ0) is 19.5. The van der Waals surface area contributed by atoms with E-state index in [2.05, 4.69) is 0 Å². The molecule has 2 atom stereocenters. The lowest BCUT2D eigenvalue weighted by atomic mass is 9.83. The molecule has 26 heavy (non-hydrogen) atoms. The number of carbonyl (C=O) groups is 1. The summed E-state index contributed by atoms with van der Waals surface area (Å²) in [5, 5.41) is 10.8. The van der Waals surface area contributed by atoms with Gasteiger partial charge in [0.05, 0.1) is 12.1 Å². The number of hydrogen-bond acceptors (Lipinski definition) is 2. The molecule has 1 aliphatic carbocycles. The second-order valence-electron chi connectivity index (χ2n) is 7.53. The van der Waals surface area contributed by atoms with Gasteiger partial charge in [-0.3, -0.25) is 4.79 Å². The van der Waals surface area contributed by atoms with Crippen LogP contribution in [0, 0.1) is 0 Å². The summed E-state index contributed by atoms with van der Waals surface area (Å²) < 4.78 is 65.6. The van der Waals surface area contributed by atoms with Crippen LogP contribution in [-0.4, -0.2) is 34.7 Å². The van der Waals surface area contributed by atoms with Gasteiger partial charge in [-0.2, -0.15) is 22.0 Å². The first-order valence-corrected chi connectivity index (χ1v) is 8.46. The van der Waals surface area contributed by atoms with Crippen molar-refractivity contribution in [1.29, 1.82) is 0 Å². The molecule has 3 rings (SSSR count). The number of likely N-dealkylation sites (tertiary alicyclic amines) is 1. The summed E-state index contributed by atoms with van der Waals surface area (Å²) in [4.78, 5) is 13.8. The molecular weight excluding hydrogens is 357 g/mol. The van der Waals surface area contributed by atoms with Gasteiger partial charge in [-0.15, -0.1) is 0 Å². The number of nitrogens with zero attached hydrogens (tertiary/aromatic N) is 1. The number of halogens is 5. The zero-order valence-corrected chi connectivity index (χ0v) is 14.4. The topological polar surface area (TPSA) is 40.5 Å². The lowest BCUT2D eigenvalue weighted by molar-refractivity contribution is -0.289. The van der Waals surface area contributed by atoms with E-state index in [1.54, 1.807) is 13.8 Å². The molecule has 1 aliphatic heterocycles. The predicted octanol–water partition coefficient (Wildman–Crippen LogP) is 4.05. The monoisotopic (exact) mass is 377 g/mol. The minimum atomic E-state index is -5.70. The highest BCUT2D eigenvalue weighted by molar-refractivity contribution is 5.78. The average Bonchev–Trinajstić information content (AvgIpc) is 2.74. The third kappa shape index (κ3) is 2.69. The van der Waals surface area contributed by atoms with Crippen molar-refractivity contribution < 1.29 is 31.9 Å². The minimum Gasteiger partial charge on any atom is -0.390 e. The molecule has 1 fully saturated rings. The molecule has 1 amide bonds. The maximum atomic E-state index is 13.7. The maximum absolute atomic E-state index is 13.7. The largest absolute Gasteiger partial charge is 0.458 e. The summed E-state index contributed by atoms with van der Waals surface area (Å²) in [6.45, 7) is 3.59. The van der Waals surface area contributed by atoms with Crippen LogP contribution in [0.5, 0.6) is 0 Å². The molecule has 8 heteroatoms. The summed E-state index contributed by atoms with van der Waals surface area (Å²) in [5.41, 5.74) is -1.57. The molecule has 0 spiro atoms. The van der Waals surface area contributed by atoms with Crippen molar-refractivity contribution in [2.24, 2.45) is 0 Å². The molecule has 1 heterocycles. The first-order valence-electron chi connectivity index (χ1n) is 8.46. The highest BCUT2D eigenvalue weighted by Gasteiger charge is 2.59. The van der Waals surface area contributed by atoms with Gasteiger partial charge in [-0.1, -0.05) is 26.0 Å². The van der Waals surface area contributed by atoms with Crippen LogP contribution in [0.3, 0.4) is 0 Å². The van der Waals surface area contributed by atoms with Crippen molar-refractivity contribution in [1.82, 2.24) is 4.90 Å². The van der Waals surface area contributed by atoms with Crippen LogP contribution in [0.15, 0.2) is 18.2 Å². The Morgan fingerprint density at radius 1 is 1.15 bits per heavy atom. The Kier molecular flexibility index (Phi) is 4.33. The molecule has 1 saturated heterocycles. The Labute approximate surface area is 147 Å². The van der Waals surface area contributed by atoms with Gasteiger partial charge >= 0.3 is 12.1 Å². The minimum absolute atomic E-state index is 0.145. The van der Waals surface area contributed by atoms with Crippen LogP contribution < -0.4 is 0 Å². The van der Waals surface area contributed by atoms with E-state index in [-0.39, 0.29) is 11.5 Å². The zero-order valence-electron chi connectivity index (χ0n) is 14.4. The fourth-order valence-electron chi connectivity index (χ4n) is 3.91.